The van der Waals surface area contributed by atoms with Crippen LogP contribution in [0.2, 0.25) is 0 Å². The lowest BCUT2D eigenvalue weighted by molar-refractivity contribution is -0.130. The van der Waals surface area contributed by atoms with Gasteiger partial charge in [-0.05, 0) is 37.1 Å². The Morgan fingerprint density at radius 1 is 1.19 bits per heavy atom. The molecule has 31 heavy (non-hydrogen) atoms. The predicted octanol–water partition coefficient (Wildman–Crippen LogP) is 2.23. The molecule has 3 rings (SSSR count). The van der Waals surface area contributed by atoms with Crippen LogP contribution in [-0.4, -0.2) is 67.7 Å². The lowest BCUT2D eigenvalue weighted by Gasteiger charge is -2.31. The predicted molar refractivity (Wildman–Crippen MR) is 116 cm³/mol. The molecule has 0 saturated carbocycles. The molecule has 0 radical (unpaired) electrons. The topological polar surface area (TPSA) is 86.7 Å². The summed E-state index contributed by atoms with van der Waals surface area (Å²) in [5, 5.41) is 0. The second-order valence-electron chi connectivity index (χ2n) is 7.99. The van der Waals surface area contributed by atoms with E-state index in [1.165, 1.54) is 23.5 Å². The van der Waals surface area contributed by atoms with Crippen molar-refractivity contribution in [2.45, 2.75) is 37.1 Å². The van der Waals surface area contributed by atoms with E-state index in [1.54, 1.807) is 17.9 Å². The summed E-state index contributed by atoms with van der Waals surface area (Å²) < 4.78 is 40.1. The number of halogens is 1. The number of benzene rings is 1. The maximum absolute atomic E-state index is 13.2. The van der Waals surface area contributed by atoms with Crippen LogP contribution in [0, 0.1) is 5.82 Å². The third-order valence-corrected chi connectivity index (χ3v) is 7.20. The van der Waals surface area contributed by atoms with Gasteiger partial charge in [0.2, 0.25) is 15.9 Å². The van der Waals surface area contributed by atoms with Crippen LogP contribution < -0.4 is 4.90 Å². The van der Waals surface area contributed by atoms with E-state index in [9.17, 15) is 17.6 Å². The van der Waals surface area contributed by atoms with Gasteiger partial charge in [0.25, 0.3) is 0 Å². The summed E-state index contributed by atoms with van der Waals surface area (Å²) >= 11 is 0. The highest BCUT2D eigenvalue weighted by molar-refractivity contribution is 7.89. The summed E-state index contributed by atoms with van der Waals surface area (Å²) in [4.78, 5) is 24.8. The second-order valence-corrected chi connectivity index (χ2v) is 10.0. The van der Waals surface area contributed by atoms with Gasteiger partial charge in [0.1, 0.15) is 17.5 Å². The van der Waals surface area contributed by atoms with Crippen LogP contribution >= 0.6 is 0 Å². The van der Waals surface area contributed by atoms with E-state index in [1.807, 2.05) is 19.0 Å². The van der Waals surface area contributed by atoms with Crippen LogP contribution in [-0.2, 0) is 21.4 Å². The lowest BCUT2D eigenvalue weighted by atomic mass is 9.97. The Bertz CT molecular complexity index is 1040. The number of anilines is 1. The number of aromatic nitrogens is 2. The minimum absolute atomic E-state index is 0.00434. The molecule has 8 nitrogen and oxygen atoms in total. The molecule has 2 heterocycles. The van der Waals surface area contributed by atoms with Gasteiger partial charge in [0.15, 0.2) is 0 Å². The van der Waals surface area contributed by atoms with Gasteiger partial charge in [-0.2, -0.15) is 4.31 Å². The Balaban J connectivity index is 1.88. The van der Waals surface area contributed by atoms with E-state index < -0.39 is 15.8 Å². The van der Waals surface area contributed by atoms with Crippen LogP contribution in [0.3, 0.4) is 0 Å². The largest absolute Gasteiger partial charge is 0.363 e. The fraction of sp³-hybridized carbons (Fsp3) is 0.476. The molecular weight excluding hydrogens is 421 g/mol. The van der Waals surface area contributed by atoms with E-state index in [2.05, 4.69) is 9.97 Å². The maximum atomic E-state index is 13.2. The zero-order chi connectivity index (χ0) is 22.8. The number of carbonyl (C=O) groups excluding carboxylic acids is 1. The quantitative estimate of drug-likeness (QED) is 0.672. The molecule has 0 bridgehead atoms. The number of nitrogens with zero attached hydrogens (tertiary/aromatic N) is 5. The number of carbonyl (C=O) groups is 1. The molecule has 168 valence electrons. The third-order valence-electron chi connectivity index (χ3n) is 5.38. The molecule has 0 spiro atoms. The zero-order valence-electron chi connectivity index (χ0n) is 18.2. The molecule has 1 aliphatic rings. The molecule has 1 amide bonds. The van der Waals surface area contributed by atoms with Crippen LogP contribution in [0.1, 0.15) is 37.2 Å². The lowest BCUT2D eigenvalue weighted by Crippen LogP contribution is -2.38. The molecule has 10 heteroatoms. The van der Waals surface area contributed by atoms with Crippen molar-refractivity contribution in [3.63, 3.8) is 0 Å². The smallest absolute Gasteiger partial charge is 0.243 e. The summed E-state index contributed by atoms with van der Waals surface area (Å²) in [6.45, 7) is 2.87. The first-order valence-electron chi connectivity index (χ1n) is 10.1. The van der Waals surface area contributed by atoms with Crippen molar-refractivity contribution in [1.29, 1.82) is 0 Å². The fourth-order valence-electron chi connectivity index (χ4n) is 3.57. The van der Waals surface area contributed by atoms with Crippen LogP contribution in [0.5, 0.6) is 0 Å². The van der Waals surface area contributed by atoms with Crippen LogP contribution in [0.25, 0.3) is 0 Å². The summed E-state index contributed by atoms with van der Waals surface area (Å²) in [7, 11) is 1.38. The molecule has 1 unspecified atom stereocenters. The van der Waals surface area contributed by atoms with Crippen molar-refractivity contribution in [2.75, 3.05) is 39.1 Å². The highest BCUT2D eigenvalue weighted by atomic mass is 32.2. The molecule has 0 N–H and O–H groups in total. The molecule has 1 aliphatic heterocycles. The third kappa shape index (κ3) is 5.37. The highest BCUT2D eigenvalue weighted by Crippen LogP contribution is 2.27. The minimum Gasteiger partial charge on any atom is -0.363 e. The molecule has 1 fully saturated rings. The first-order valence-corrected chi connectivity index (χ1v) is 11.5. The SMILES string of the molecule is CC(=O)N1CCCC(c2nc(CN(C)S(=O)(=O)c3ccc(F)cc3)cc(N(C)C)n2)C1. The molecule has 1 atom stereocenters. The van der Waals surface area contributed by atoms with E-state index in [0.29, 0.717) is 23.9 Å². The van der Waals surface area contributed by atoms with Gasteiger partial charge in [-0.3, -0.25) is 4.79 Å². The number of likely N-dealkylation sites (tertiary alicyclic amines) is 1. The summed E-state index contributed by atoms with van der Waals surface area (Å²) in [5.41, 5.74) is 0.557. The summed E-state index contributed by atoms with van der Waals surface area (Å²) in [6, 6.07) is 6.49. The van der Waals surface area contributed by atoms with E-state index in [0.717, 1.165) is 31.5 Å². The van der Waals surface area contributed by atoms with Crippen molar-refractivity contribution in [2.24, 2.45) is 0 Å². The van der Waals surface area contributed by atoms with Crippen molar-refractivity contribution in [3.8, 4) is 0 Å². The van der Waals surface area contributed by atoms with Gasteiger partial charge >= 0.3 is 0 Å². The average Bonchev–Trinajstić information content (AvgIpc) is 2.73. The minimum atomic E-state index is -3.80. The Labute approximate surface area is 182 Å². The van der Waals surface area contributed by atoms with Crippen molar-refractivity contribution in [3.05, 3.63) is 47.7 Å². The maximum Gasteiger partial charge on any atom is 0.243 e. The molecule has 0 aliphatic carbocycles. The number of rotatable bonds is 6. The molecule has 1 aromatic carbocycles. The van der Waals surface area contributed by atoms with Crippen molar-refractivity contribution < 1.29 is 17.6 Å². The van der Waals surface area contributed by atoms with E-state index >= 15 is 0 Å². The van der Waals surface area contributed by atoms with Gasteiger partial charge in [-0.25, -0.2) is 22.8 Å². The summed E-state index contributed by atoms with van der Waals surface area (Å²) in [6.07, 6.45) is 1.73. The van der Waals surface area contributed by atoms with Crippen LogP contribution in [0.4, 0.5) is 10.2 Å². The summed E-state index contributed by atoms with van der Waals surface area (Å²) in [5.74, 6) is 0.811. The Hall–Kier alpha value is -2.59. The number of hydrogen-bond acceptors (Lipinski definition) is 6. The second kappa shape index (κ2) is 9.27. The average molecular weight is 450 g/mol. The van der Waals surface area contributed by atoms with E-state index in [4.69, 9.17) is 0 Å². The number of hydrogen-bond donors (Lipinski definition) is 0. The molecule has 1 saturated heterocycles. The van der Waals surface area contributed by atoms with Crippen LogP contribution in [0.15, 0.2) is 35.2 Å². The van der Waals surface area contributed by atoms with Gasteiger partial charge in [-0.1, -0.05) is 0 Å². The Morgan fingerprint density at radius 2 is 1.87 bits per heavy atom. The Morgan fingerprint density at radius 3 is 2.48 bits per heavy atom. The fourth-order valence-corrected chi connectivity index (χ4v) is 4.71. The molecule has 1 aromatic heterocycles. The standard InChI is InChI=1S/C21H28FN5O3S/c1-15(28)27-11-5-6-16(13-27)21-23-18(12-20(24-21)25(2)3)14-26(4)31(29,30)19-9-7-17(22)8-10-19/h7-10,12,16H,5-6,11,13-14H2,1-4H3. The zero-order valence-corrected chi connectivity index (χ0v) is 19.1. The Kier molecular flexibility index (Phi) is 6.90. The number of sulfonamides is 1. The number of amides is 1. The van der Waals surface area contributed by atoms with Gasteiger partial charge in [0, 0.05) is 53.1 Å². The highest BCUT2D eigenvalue weighted by Gasteiger charge is 2.27. The molecule has 2 aromatic rings. The van der Waals surface area contributed by atoms with Crippen molar-refractivity contribution in [1.82, 2.24) is 19.2 Å². The normalized spacial score (nSPS) is 17.1. The monoisotopic (exact) mass is 449 g/mol. The number of piperidine rings is 1. The van der Waals surface area contributed by atoms with Gasteiger partial charge in [-0.15, -0.1) is 0 Å². The van der Waals surface area contributed by atoms with Gasteiger partial charge < -0.3 is 9.80 Å². The first kappa shape index (κ1) is 23.1. The first-order chi connectivity index (χ1) is 14.6. The van der Waals surface area contributed by atoms with Crippen molar-refractivity contribution >= 4 is 21.7 Å². The van der Waals surface area contributed by atoms with E-state index in [-0.39, 0.29) is 23.3 Å². The molecular formula is C21H28FN5O3S. The van der Waals surface area contributed by atoms with Gasteiger partial charge in [0.05, 0.1) is 17.1 Å².